The number of benzene rings is 3. The number of nitrogens with one attached hydrogen (secondary N) is 1. The number of nitrogens with zero attached hydrogens (tertiary/aromatic N) is 1. The zero-order chi connectivity index (χ0) is 21.3. The number of hydrogen-bond acceptors (Lipinski definition) is 5. The lowest BCUT2D eigenvalue weighted by molar-refractivity contribution is -0.384. The SMILES string of the molecule is Cc1ccc(C2Cc3cc(C(=O)Nc4cccc([N+](=O)[O-])c4)ccc3C(=O)O2)cc1. The lowest BCUT2D eigenvalue weighted by Crippen LogP contribution is -2.23. The number of non-ortho nitro benzene ring substituents is 1. The molecular formula is C23H18N2O5. The van der Waals surface area contributed by atoms with E-state index in [1.54, 1.807) is 24.3 Å². The monoisotopic (exact) mass is 402 g/mol. The summed E-state index contributed by atoms with van der Waals surface area (Å²) in [7, 11) is 0. The third-order valence-corrected chi connectivity index (χ3v) is 5.01. The van der Waals surface area contributed by atoms with Gasteiger partial charge in [-0.25, -0.2) is 4.79 Å². The number of nitro benzene ring substituents is 1. The second-order valence-corrected chi connectivity index (χ2v) is 7.14. The molecule has 1 amide bonds. The Balaban J connectivity index is 1.57. The van der Waals surface area contributed by atoms with Crippen molar-refractivity contribution in [2.24, 2.45) is 0 Å². The molecule has 0 aliphatic carbocycles. The smallest absolute Gasteiger partial charge is 0.339 e. The molecule has 1 aliphatic heterocycles. The summed E-state index contributed by atoms with van der Waals surface area (Å²) < 4.78 is 5.57. The molecule has 0 saturated heterocycles. The van der Waals surface area contributed by atoms with Gasteiger partial charge in [-0.05, 0) is 42.3 Å². The highest BCUT2D eigenvalue weighted by Crippen LogP contribution is 2.31. The van der Waals surface area contributed by atoms with Crippen molar-refractivity contribution in [3.05, 3.63) is 105 Å². The molecule has 30 heavy (non-hydrogen) atoms. The summed E-state index contributed by atoms with van der Waals surface area (Å²) in [4.78, 5) is 35.5. The molecule has 0 saturated carbocycles. The van der Waals surface area contributed by atoms with Crippen molar-refractivity contribution in [2.75, 3.05) is 5.32 Å². The molecule has 0 spiro atoms. The molecule has 3 aromatic carbocycles. The van der Waals surface area contributed by atoms with Gasteiger partial charge in [-0.1, -0.05) is 35.9 Å². The highest BCUT2D eigenvalue weighted by Gasteiger charge is 2.28. The van der Waals surface area contributed by atoms with Crippen LogP contribution in [0.1, 0.15) is 43.5 Å². The first-order chi connectivity index (χ1) is 14.4. The van der Waals surface area contributed by atoms with Crippen LogP contribution in [0.3, 0.4) is 0 Å². The first-order valence-corrected chi connectivity index (χ1v) is 9.37. The van der Waals surface area contributed by atoms with E-state index in [4.69, 9.17) is 4.74 Å². The van der Waals surface area contributed by atoms with Gasteiger partial charge in [-0.2, -0.15) is 0 Å². The molecule has 4 rings (SSSR count). The van der Waals surface area contributed by atoms with E-state index in [9.17, 15) is 19.7 Å². The topological polar surface area (TPSA) is 98.5 Å². The first-order valence-electron chi connectivity index (χ1n) is 9.37. The van der Waals surface area contributed by atoms with Crippen LogP contribution in [0, 0.1) is 17.0 Å². The number of rotatable bonds is 4. The van der Waals surface area contributed by atoms with E-state index in [1.807, 2.05) is 31.2 Å². The minimum absolute atomic E-state index is 0.109. The Bertz CT molecular complexity index is 1150. The summed E-state index contributed by atoms with van der Waals surface area (Å²) in [5.41, 5.74) is 3.74. The van der Waals surface area contributed by atoms with Crippen molar-refractivity contribution in [3.63, 3.8) is 0 Å². The highest BCUT2D eigenvalue weighted by molar-refractivity contribution is 6.05. The number of cyclic esters (lactones) is 1. The number of nitro groups is 1. The van der Waals surface area contributed by atoms with E-state index in [0.29, 0.717) is 23.2 Å². The van der Waals surface area contributed by atoms with Crippen LogP contribution in [0.15, 0.2) is 66.7 Å². The molecule has 0 fully saturated rings. The molecule has 1 atom stereocenters. The normalized spacial score (nSPS) is 15.1. The van der Waals surface area contributed by atoms with Crippen LogP contribution < -0.4 is 5.32 Å². The lowest BCUT2D eigenvalue weighted by atomic mass is 9.92. The van der Waals surface area contributed by atoms with Gasteiger partial charge in [0.15, 0.2) is 0 Å². The zero-order valence-corrected chi connectivity index (χ0v) is 16.1. The molecule has 1 heterocycles. The minimum Gasteiger partial charge on any atom is -0.454 e. The molecule has 0 radical (unpaired) electrons. The van der Waals surface area contributed by atoms with Gasteiger partial charge in [-0.3, -0.25) is 14.9 Å². The fraction of sp³-hybridized carbons (Fsp3) is 0.130. The maximum atomic E-state index is 12.7. The Morgan fingerprint density at radius 1 is 1.10 bits per heavy atom. The van der Waals surface area contributed by atoms with Crippen LogP contribution in [0.2, 0.25) is 0 Å². The van der Waals surface area contributed by atoms with Crippen LogP contribution in [-0.4, -0.2) is 16.8 Å². The van der Waals surface area contributed by atoms with Gasteiger partial charge in [0.2, 0.25) is 0 Å². The average molecular weight is 402 g/mol. The number of carbonyl (C=O) groups is 2. The predicted octanol–water partition coefficient (Wildman–Crippen LogP) is 4.61. The van der Waals surface area contributed by atoms with Gasteiger partial charge in [0.25, 0.3) is 11.6 Å². The molecule has 1 N–H and O–H groups in total. The van der Waals surface area contributed by atoms with Crippen molar-refractivity contribution in [2.45, 2.75) is 19.4 Å². The van der Waals surface area contributed by atoms with Crippen molar-refractivity contribution in [1.82, 2.24) is 0 Å². The van der Waals surface area contributed by atoms with Crippen LogP contribution in [0.4, 0.5) is 11.4 Å². The minimum atomic E-state index is -0.522. The molecule has 3 aromatic rings. The standard InChI is InChI=1S/C23H18N2O5/c1-14-5-7-15(8-6-14)21-12-17-11-16(9-10-20(17)23(27)30-21)22(26)24-18-3-2-4-19(13-18)25(28)29/h2-11,13,21H,12H2,1H3,(H,24,26). The first kappa shape index (κ1) is 19.3. The molecular weight excluding hydrogens is 384 g/mol. The van der Waals surface area contributed by atoms with Gasteiger partial charge >= 0.3 is 5.97 Å². The summed E-state index contributed by atoms with van der Waals surface area (Å²) in [5, 5.41) is 13.6. The van der Waals surface area contributed by atoms with E-state index in [0.717, 1.165) is 16.7 Å². The Labute approximate surface area is 172 Å². The maximum absolute atomic E-state index is 12.7. The third kappa shape index (κ3) is 3.91. The van der Waals surface area contributed by atoms with Crippen molar-refractivity contribution >= 4 is 23.3 Å². The second kappa shape index (κ2) is 7.79. The van der Waals surface area contributed by atoms with Crippen LogP contribution in [-0.2, 0) is 11.2 Å². The van der Waals surface area contributed by atoms with Gasteiger partial charge in [-0.15, -0.1) is 0 Å². The molecule has 0 bridgehead atoms. The number of anilines is 1. The Morgan fingerprint density at radius 3 is 2.60 bits per heavy atom. The summed E-state index contributed by atoms with van der Waals surface area (Å²) in [6.45, 7) is 1.98. The van der Waals surface area contributed by atoms with E-state index in [1.165, 1.54) is 18.2 Å². The highest BCUT2D eigenvalue weighted by atomic mass is 16.6. The van der Waals surface area contributed by atoms with Gasteiger partial charge in [0.1, 0.15) is 6.10 Å². The van der Waals surface area contributed by atoms with E-state index in [-0.39, 0.29) is 5.69 Å². The number of ether oxygens (including phenoxy) is 1. The molecule has 0 aromatic heterocycles. The Morgan fingerprint density at radius 2 is 1.87 bits per heavy atom. The van der Waals surface area contributed by atoms with Crippen LogP contribution in [0.5, 0.6) is 0 Å². The van der Waals surface area contributed by atoms with E-state index >= 15 is 0 Å². The van der Waals surface area contributed by atoms with Gasteiger partial charge in [0, 0.05) is 29.8 Å². The Hall–Kier alpha value is -4.00. The number of fused-ring (bicyclic) bond motifs is 1. The van der Waals surface area contributed by atoms with E-state index in [2.05, 4.69) is 5.32 Å². The number of carbonyl (C=O) groups excluding carboxylic acids is 2. The molecule has 7 heteroatoms. The Kier molecular flexibility index (Phi) is 5.02. The number of hydrogen-bond donors (Lipinski definition) is 1. The van der Waals surface area contributed by atoms with Crippen molar-refractivity contribution < 1.29 is 19.2 Å². The summed E-state index contributed by atoms with van der Waals surface area (Å²) >= 11 is 0. The quantitative estimate of drug-likeness (QED) is 0.390. The number of amides is 1. The van der Waals surface area contributed by atoms with Crippen molar-refractivity contribution in [1.29, 1.82) is 0 Å². The lowest BCUT2D eigenvalue weighted by Gasteiger charge is -2.25. The summed E-state index contributed by atoms with van der Waals surface area (Å²) in [5.74, 6) is -0.836. The van der Waals surface area contributed by atoms with Crippen LogP contribution in [0.25, 0.3) is 0 Å². The fourth-order valence-electron chi connectivity index (χ4n) is 3.40. The largest absolute Gasteiger partial charge is 0.454 e. The van der Waals surface area contributed by atoms with Gasteiger partial charge < -0.3 is 10.1 Å². The van der Waals surface area contributed by atoms with Crippen molar-refractivity contribution in [3.8, 4) is 0 Å². The second-order valence-electron chi connectivity index (χ2n) is 7.14. The van der Waals surface area contributed by atoms with E-state index < -0.39 is 22.9 Å². The fourth-order valence-corrected chi connectivity index (χ4v) is 3.40. The van der Waals surface area contributed by atoms with Crippen LogP contribution >= 0.6 is 0 Å². The number of aryl methyl sites for hydroxylation is 1. The molecule has 7 nitrogen and oxygen atoms in total. The molecule has 1 aliphatic rings. The molecule has 1 unspecified atom stereocenters. The molecule has 150 valence electrons. The van der Waals surface area contributed by atoms with Gasteiger partial charge in [0.05, 0.1) is 10.5 Å². The summed E-state index contributed by atoms with van der Waals surface area (Å²) in [6.07, 6.45) is 0.0443. The summed E-state index contributed by atoms with van der Waals surface area (Å²) in [6, 6.07) is 18.3. The maximum Gasteiger partial charge on any atom is 0.339 e. The third-order valence-electron chi connectivity index (χ3n) is 5.01. The zero-order valence-electron chi connectivity index (χ0n) is 16.1. The number of esters is 1. The average Bonchev–Trinajstić information content (AvgIpc) is 2.74. The predicted molar refractivity (Wildman–Crippen MR) is 111 cm³/mol.